The third kappa shape index (κ3) is 3.51. The zero-order valence-corrected chi connectivity index (χ0v) is 13.4. The van der Waals surface area contributed by atoms with Gasteiger partial charge in [-0.1, -0.05) is 0 Å². The van der Waals surface area contributed by atoms with Gasteiger partial charge in [0.25, 0.3) is 0 Å². The van der Waals surface area contributed by atoms with Crippen molar-refractivity contribution in [2.24, 2.45) is 0 Å². The van der Waals surface area contributed by atoms with Crippen LogP contribution in [0.1, 0.15) is 46.5 Å². The van der Waals surface area contributed by atoms with E-state index >= 15 is 0 Å². The predicted molar refractivity (Wildman–Crippen MR) is 78.3 cm³/mol. The molecule has 2 fully saturated rings. The number of ether oxygens (including phenoxy) is 1. The molecule has 2 atom stereocenters. The number of nitrogens with zero attached hydrogens (tertiary/aromatic N) is 2. The number of aliphatic carboxylic acids is 1. The molecule has 1 N–H and O–H groups in total. The first-order valence-corrected chi connectivity index (χ1v) is 7.73. The van der Waals surface area contributed by atoms with Gasteiger partial charge in [0.2, 0.25) is 5.91 Å². The van der Waals surface area contributed by atoms with Gasteiger partial charge in [-0.25, -0.2) is 9.59 Å². The van der Waals surface area contributed by atoms with Crippen LogP contribution in [0.5, 0.6) is 0 Å². The average Bonchev–Trinajstić information content (AvgIpc) is 3.05. The quantitative estimate of drug-likeness (QED) is 0.834. The first-order valence-electron chi connectivity index (χ1n) is 7.73. The van der Waals surface area contributed by atoms with Crippen LogP contribution in [0.3, 0.4) is 0 Å². The number of hydrogen-bond donors (Lipinski definition) is 1. The van der Waals surface area contributed by atoms with Crippen molar-refractivity contribution in [3.8, 4) is 0 Å². The van der Waals surface area contributed by atoms with E-state index in [2.05, 4.69) is 0 Å². The Kier molecular flexibility index (Phi) is 4.63. The minimum atomic E-state index is -0.979. The standard InChI is InChI=1S/C15H24N2O5/c1-15(2,3)22-14(21)17-9-4-6-10(17)12(18)16-8-5-7-11(16)13(19)20/h10-11H,4-9H2,1-3H3,(H,19,20). The molecule has 0 aromatic heterocycles. The smallest absolute Gasteiger partial charge is 0.410 e. The highest BCUT2D eigenvalue weighted by Gasteiger charge is 2.43. The summed E-state index contributed by atoms with van der Waals surface area (Å²) in [6.45, 7) is 6.24. The second kappa shape index (κ2) is 6.14. The SMILES string of the molecule is CC(C)(C)OC(=O)N1CCCC1C(=O)N1CCCC1C(=O)O. The van der Waals surface area contributed by atoms with Gasteiger partial charge in [-0.3, -0.25) is 9.69 Å². The molecule has 22 heavy (non-hydrogen) atoms. The second-order valence-corrected chi connectivity index (χ2v) is 6.86. The fourth-order valence-electron chi connectivity index (χ4n) is 3.04. The molecular weight excluding hydrogens is 288 g/mol. The third-order valence-electron chi connectivity index (χ3n) is 3.99. The van der Waals surface area contributed by atoms with E-state index in [1.165, 1.54) is 9.80 Å². The Morgan fingerprint density at radius 2 is 1.55 bits per heavy atom. The Morgan fingerprint density at radius 1 is 1.00 bits per heavy atom. The highest BCUT2D eigenvalue weighted by atomic mass is 16.6. The van der Waals surface area contributed by atoms with Crippen molar-refractivity contribution in [2.75, 3.05) is 13.1 Å². The van der Waals surface area contributed by atoms with Gasteiger partial charge in [0.1, 0.15) is 17.7 Å². The summed E-state index contributed by atoms with van der Waals surface area (Å²) in [5.74, 6) is -1.25. The molecule has 0 saturated carbocycles. The maximum atomic E-state index is 12.7. The van der Waals surface area contributed by atoms with Crippen molar-refractivity contribution in [2.45, 2.75) is 64.1 Å². The van der Waals surface area contributed by atoms with Crippen LogP contribution in [0, 0.1) is 0 Å². The molecule has 7 heteroatoms. The van der Waals surface area contributed by atoms with Crippen LogP contribution >= 0.6 is 0 Å². The minimum Gasteiger partial charge on any atom is -0.480 e. The molecule has 0 radical (unpaired) electrons. The fraction of sp³-hybridized carbons (Fsp3) is 0.800. The first kappa shape index (κ1) is 16.6. The summed E-state index contributed by atoms with van der Waals surface area (Å²) in [6.07, 6.45) is 1.93. The van der Waals surface area contributed by atoms with Crippen molar-refractivity contribution in [3.63, 3.8) is 0 Å². The lowest BCUT2D eigenvalue weighted by atomic mass is 10.1. The Bertz CT molecular complexity index is 471. The number of amides is 2. The van der Waals surface area contributed by atoms with Crippen LogP contribution < -0.4 is 0 Å². The van der Waals surface area contributed by atoms with E-state index in [0.29, 0.717) is 32.4 Å². The van der Waals surface area contributed by atoms with Crippen LogP contribution in [0.2, 0.25) is 0 Å². The van der Waals surface area contributed by atoms with Crippen LogP contribution in [0.25, 0.3) is 0 Å². The number of likely N-dealkylation sites (tertiary alicyclic amines) is 2. The van der Waals surface area contributed by atoms with Crippen molar-refractivity contribution in [3.05, 3.63) is 0 Å². The highest BCUT2D eigenvalue weighted by molar-refractivity contribution is 5.90. The van der Waals surface area contributed by atoms with E-state index in [9.17, 15) is 19.5 Å². The predicted octanol–water partition coefficient (Wildman–Crippen LogP) is 1.46. The summed E-state index contributed by atoms with van der Waals surface area (Å²) in [5.41, 5.74) is -0.621. The van der Waals surface area contributed by atoms with Crippen molar-refractivity contribution in [1.29, 1.82) is 0 Å². The van der Waals surface area contributed by atoms with E-state index < -0.39 is 29.7 Å². The van der Waals surface area contributed by atoms with Gasteiger partial charge in [0, 0.05) is 13.1 Å². The van der Waals surface area contributed by atoms with Gasteiger partial charge in [-0.05, 0) is 46.5 Å². The maximum absolute atomic E-state index is 12.7. The van der Waals surface area contributed by atoms with Crippen LogP contribution in [-0.2, 0) is 14.3 Å². The maximum Gasteiger partial charge on any atom is 0.410 e. The lowest BCUT2D eigenvalue weighted by Gasteiger charge is -2.31. The van der Waals surface area contributed by atoms with Crippen LogP contribution in [-0.4, -0.2) is 63.7 Å². The van der Waals surface area contributed by atoms with Crippen molar-refractivity contribution >= 4 is 18.0 Å². The minimum absolute atomic E-state index is 0.270. The third-order valence-corrected chi connectivity index (χ3v) is 3.99. The largest absolute Gasteiger partial charge is 0.480 e. The molecule has 2 rings (SSSR count). The molecule has 2 heterocycles. The van der Waals surface area contributed by atoms with E-state index in [4.69, 9.17) is 4.74 Å². The lowest BCUT2D eigenvalue weighted by Crippen LogP contribution is -2.51. The van der Waals surface area contributed by atoms with Gasteiger partial charge in [-0.2, -0.15) is 0 Å². The Morgan fingerprint density at radius 3 is 2.09 bits per heavy atom. The topological polar surface area (TPSA) is 87.2 Å². The lowest BCUT2D eigenvalue weighted by molar-refractivity contribution is -0.149. The number of carboxylic acids is 1. The number of carbonyl (C=O) groups is 3. The molecule has 7 nitrogen and oxygen atoms in total. The molecule has 0 aliphatic carbocycles. The Balaban J connectivity index is 2.08. The Labute approximate surface area is 130 Å². The second-order valence-electron chi connectivity index (χ2n) is 6.86. The first-order chi connectivity index (χ1) is 10.2. The average molecular weight is 312 g/mol. The number of hydrogen-bond acceptors (Lipinski definition) is 4. The molecule has 2 aliphatic heterocycles. The summed E-state index contributed by atoms with van der Waals surface area (Å²) in [4.78, 5) is 38.9. The zero-order valence-electron chi connectivity index (χ0n) is 13.4. The van der Waals surface area contributed by atoms with E-state index in [0.717, 1.165) is 6.42 Å². The fourth-order valence-corrected chi connectivity index (χ4v) is 3.04. The molecule has 0 bridgehead atoms. The van der Waals surface area contributed by atoms with E-state index in [1.807, 2.05) is 0 Å². The number of carbonyl (C=O) groups excluding carboxylic acids is 2. The number of carboxylic acid groups (broad SMARTS) is 1. The van der Waals surface area contributed by atoms with Gasteiger partial charge in [0.15, 0.2) is 0 Å². The van der Waals surface area contributed by atoms with Crippen molar-refractivity contribution < 1.29 is 24.2 Å². The molecule has 124 valence electrons. The molecule has 2 aliphatic rings. The summed E-state index contributed by atoms with van der Waals surface area (Å²) >= 11 is 0. The van der Waals surface area contributed by atoms with Crippen LogP contribution in [0.15, 0.2) is 0 Å². The molecule has 0 aromatic rings. The van der Waals surface area contributed by atoms with E-state index in [-0.39, 0.29) is 5.91 Å². The summed E-state index contributed by atoms with van der Waals surface area (Å²) in [5, 5.41) is 9.20. The highest BCUT2D eigenvalue weighted by Crippen LogP contribution is 2.26. The van der Waals surface area contributed by atoms with Crippen LogP contribution in [0.4, 0.5) is 4.79 Å². The van der Waals surface area contributed by atoms with Gasteiger partial charge < -0.3 is 14.7 Å². The molecular formula is C15H24N2O5. The molecule has 0 aromatic carbocycles. The molecule has 2 unspecified atom stereocenters. The van der Waals surface area contributed by atoms with Gasteiger partial charge in [-0.15, -0.1) is 0 Å². The van der Waals surface area contributed by atoms with E-state index in [1.54, 1.807) is 20.8 Å². The van der Waals surface area contributed by atoms with Gasteiger partial charge >= 0.3 is 12.1 Å². The summed E-state index contributed by atoms with van der Waals surface area (Å²) in [6, 6.07) is -1.37. The summed E-state index contributed by atoms with van der Waals surface area (Å²) in [7, 11) is 0. The monoisotopic (exact) mass is 312 g/mol. The summed E-state index contributed by atoms with van der Waals surface area (Å²) < 4.78 is 5.34. The number of rotatable bonds is 2. The molecule has 2 saturated heterocycles. The Hall–Kier alpha value is -1.79. The van der Waals surface area contributed by atoms with Crippen molar-refractivity contribution in [1.82, 2.24) is 9.80 Å². The zero-order chi connectivity index (χ0) is 16.5. The van der Waals surface area contributed by atoms with Gasteiger partial charge in [0.05, 0.1) is 0 Å². The molecule has 2 amide bonds. The molecule has 0 spiro atoms. The normalized spacial score (nSPS) is 25.4.